The minimum absolute atomic E-state index is 0.121. The van der Waals surface area contributed by atoms with Crippen molar-refractivity contribution in [2.45, 2.75) is 84.0 Å². The maximum Gasteiger partial charge on any atom is 0.142 e. The van der Waals surface area contributed by atoms with Crippen LogP contribution < -0.4 is 0 Å². The summed E-state index contributed by atoms with van der Waals surface area (Å²) in [5.74, 6) is 1.05. The first-order chi connectivity index (χ1) is 17.5. The molecule has 0 N–H and O–H groups in total. The molecule has 0 spiro atoms. The van der Waals surface area contributed by atoms with E-state index in [-0.39, 0.29) is 10.8 Å². The van der Waals surface area contributed by atoms with Crippen molar-refractivity contribution in [1.82, 2.24) is 0 Å². The van der Waals surface area contributed by atoms with Gasteiger partial charge in [-0.05, 0) is 103 Å². The molecule has 3 aromatic carbocycles. The molecule has 0 radical (unpaired) electrons. The van der Waals surface area contributed by atoms with E-state index in [1.165, 1.54) is 68.6 Å². The second-order valence-corrected chi connectivity index (χ2v) is 11.1. The highest BCUT2D eigenvalue weighted by Gasteiger charge is 2.21. The predicted octanol–water partition coefficient (Wildman–Crippen LogP) is 9.73. The number of rotatable bonds is 11. The van der Waals surface area contributed by atoms with Gasteiger partial charge in [0, 0.05) is 0 Å². The van der Waals surface area contributed by atoms with Crippen LogP contribution in [0, 0.1) is 23.5 Å². The molecule has 0 bridgehead atoms. The summed E-state index contributed by atoms with van der Waals surface area (Å²) in [4.78, 5) is 0. The Bertz CT molecular complexity index is 1100. The fourth-order valence-corrected chi connectivity index (χ4v) is 5.75. The van der Waals surface area contributed by atoms with E-state index in [4.69, 9.17) is 11.6 Å². The Balaban J connectivity index is 1.17. The fraction of sp³-hybridized carbons (Fsp3) is 0.455. The van der Waals surface area contributed by atoms with Crippen LogP contribution in [0.4, 0.5) is 8.78 Å². The van der Waals surface area contributed by atoms with Gasteiger partial charge < -0.3 is 0 Å². The minimum Gasteiger partial charge on any atom is -0.207 e. The first kappa shape index (κ1) is 26.9. The first-order valence-electron chi connectivity index (χ1n) is 13.8. The van der Waals surface area contributed by atoms with Gasteiger partial charge in [0.1, 0.15) is 11.6 Å². The molecule has 192 valence electrons. The SMILES string of the molecule is CCCc1ccc(CCC2CCC(CCc3ccc(CCc4ccc(Cl)c(F)c4)c(F)c3)CC2)cc1. The Labute approximate surface area is 221 Å². The molecule has 0 nitrogen and oxygen atoms in total. The maximum absolute atomic E-state index is 14.7. The van der Waals surface area contributed by atoms with Crippen LogP contribution in [0.25, 0.3) is 0 Å². The molecule has 1 aliphatic rings. The topological polar surface area (TPSA) is 0 Å². The largest absolute Gasteiger partial charge is 0.207 e. The van der Waals surface area contributed by atoms with Gasteiger partial charge in [0.25, 0.3) is 0 Å². The lowest BCUT2D eigenvalue weighted by atomic mass is 9.77. The molecular weight excluding hydrogens is 470 g/mol. The minimum atomic E-state index is -0.420. The molecule has 0 atom stereocenters. The average Bonchev–Trinajstić information content (AvgIpc) is 2.89. The van der Waals surface area contributed by atoms with Crippen LogP contribution in [-0.2, 0) is 32.1 Å². The molecule has 3 aromatic rings. The summed E-state index contributed by atoms with van der Waals surface area (Å²) in [6.45, 7) is 2.23. The van der Waals surface area contributed by atoms with E-state index in [9.17, 15) is 8.78 Å². The van der Waals surface area contributed by atoms with Crippen molar-refractivity contribution in [2.75, 3.05) is 0 Å². The molecule has 1 saturated carbocycles. The normalized spacial score (nSPS) is 17.9. The number of benzene rings is 3. The number of aryl methyl sites for hydroxylation is 5. The molecule has 1 aliphatic carbocycles. The van der Waals surface area contributed by atoms with Crippen molar-refractivity contribution >= 4 is 11.6 Å². The number of hydrogen-bond acceptors (Lipinski definition) is 0. The highest BCUT2D eigenvalue weighted by Crippen LogP contribution is 2.34. The Hall–Kier alpha value is -2.19. The van der Waals surface area contributed by atoms with E-state index in [0.29, 0.717) is 18.4 Å². The van der Waals surface area contributed by atoms with Crippen molar-refractivity contribution in [3.63, 3.8) is 0 Å². The van der Waals surface area contributed by atoms with Gasteiger partial charge in [-0.25, -0.2) is 8.78 Å². The van der Waals surface area contributed by atoms with E-state index in [2.05, 4.69) is 37.3 Å². The number of halogens is 3. The third-order valence-corrected chi connectivity index (χ3v) is 8.30. The lowest BCUT2D eigenvalue weighted by Gasteiger charge is -2.28. The lowest BCUT2D eigenvalue weighted by molar-refractivity contribution is 0.253. The Morgan fingerprint density at radius 3 is 1.69 bits per heavy atom. The van der Waals surface area contributed by atoms with Gasteiger partial charge in [-0.1, -0.05) is 93.1 Å². The van der Waals surface area contributed by atoms with E-state index >= 15 is 0 Å². The van der Waals surface area contributed by atoms with Gasteiger partial charge in [-0.3, -0.25) is 0 Å². The van der Waals surface area contributed by atoms with Gasteiger partial charge in [-0.15, -0.1) is 0 Å². The molecule has 0 aromatic heterocycles. The standard InChI is InChI=1S/C33H39ClF2/c1-2-3-24-4-6-25(7-5-24)8-9-26-10-12-27(13-11-26)14-15-28-16-19-30(32(35)22-28)20-17-29-18-21-31(34)33(36)23-29/h4-7,16,18-19,21-23,26-27H,2-3,8-15,17,20H2,1H3. The third-order valence-electron chi connectivity index (χ3n) is 7.99. The zero-order valence-corrected chi connectivity index (χ0v) is 22.3. The lowest BCUT2D eigenvalue weighted by Crippen LogP contribution is -2.16. The molecular formula is C33H39ClF2. The molecule has 0 heterocycles. The van der Waals surface area contributed by atoms with Gasteiger partial charge >= 0.3 is 0 Å². The van der Waals surface area contributed by atoms with Crippen LogP contribution in [0.2, 0.25) is 5.02 Å². The fourth-order valence-electron chi connectivity index (χ4n) is 5.63. The summed E-state index contributed by atoms with van der Waals surface area (Å²) in [5, 5.41) is 0.121. The van der Waals surface area contributed by atoms with Crippen molar-refractivity contribution in [3.05, 3.63) is 105 Å². The van der Waals surface area contributed by atoms with E-state index in [1.54, 1.807) is 18.2 Å². The van der Waals surface area contributed by atoms with Crippen molar-refractivity contribution in [1.29, 1.82) is 0 Å². The summed E-state index contributed by atoms with van der Waals surface area (Å²) in [6.07, 6.45) is 13.4. The van der Waals surface area contributed by atoms with E-state index in [1.807, 2.05) is 6.07 Å². The molecule has 36 heavy (non-hydrogen) atoms. The van der Waals surface area contributed by atoms with E-state index in [0.717, 1.165) is 35.8 Å². The quantitative estimate of drug-likeness (QED) is 0.242. The van der Waals surface area contributed by atoms with Crippen molar-refractivity contribution in [3.8, 4) is 0 Å². The van der Waals surface area contributed by atoms with Crippen LogP contribution in [0.5, 0.6) is 0 Å². The summed E-state index contributed by atoms with van der Waals surface area (Å²) >= 11 is 5.75. The average molecular weight is 509 g/mol. The van der Waals surface area contributed by atoms with Gasteiger partial charge in [0.15, 0.2) is 0 Å². The van der Waals surface area contributed by atoms with Crippen molar-refractivity contribution in [2.24, 2.45) is 11.8 Å². The second-order valence-electron chi connectivity index (χ2n) is 10.7. The molecule has 1 fully saturated rings. The van der Waals surface area contributed by atoms with Crippen LogP contribution >= 0.6 is 11.6 Å². The van der Waals surface area contributed by atoms with Crippen LogP contribution in [-0.4, -0.2) is 0 Å². The molecule has 4 rings (SSSR count). The summed E-state index contributed by atoms with van der Waals surface area (Å²) in [7, 11) is 0. The molecule has 0 unspecified atom stereocenters. The zero-order valence-electron chi connectivity index (χ0n) is 21.5. The first-order valence-corrected chi connectivity index (χ1v) is 14.2. The van der Waals surface area contributed by atoms with Gasteiger partial charge in [0.2, 0.25) is 0 Å². The number of hydrogen-bond donors (Lipinski definition) is 0. The third kappa shape index (κ3) is 7.90. The summed E-state index contributed by atoms with van der Waals surface area (Å²) < 4.78 is 28.3. The smallest absolute Gasteiger partial charge is 0.142 e. The van der Waals surface area contributed by atoms with Gasteiger partial charge in [-0.2, -0.15) is 0 Å². The van der Waals surface area contributed by atoms with Crippen molar-refractivity contribution < 1.29 is 8.78 Å². The Kier molecular flexibility index (Phi) is 9.98. The zero-order chi connectivity index (χ0) is 25.3. The van der Waals surface area contributed by atoms with Crippen LogP contribution in [0.3, 0.4) is 0 Å². The molecule has 0 saturated heterocycles. The molecule has 0 aliphatic heterocycles. The Morgan fingerprint density at radius 1 is 0.611 bits per heavy atom. The second kappa shape index (κ2) is 13.4. The highest BCUT2D eigenvalue weighted by atomic mass is 35.5. The predicted molar refractivity (Wildman–Crippen MR) is 148 cm³/mol. The monoisotopic (exact) mass is 508 g/mol. The van der Waals surface area contributed by atoms with Gasteiger partial charge in [0.05, 0.1) is 5.02 Å². The molecule has 0 amide bonds. The highest BCUT2D eigenvalue weighted by molar-refractivity contribution is 6.30. The Morgan fingerprint density at radius 2 is 1.11 bits per heavy atom. The summed E-state index contributed by atoms with van der Waals surface area (Å²) in [5.41, 5.74) is 5.53. The van der Waals surface area contributed by atoms with E-state index < -0.39 is 5.82 Å². The molecule has 3 heteroatoms. The van der Waals surface area contributed by atoms with Crippen LogP contribution in [0.1, 0.15) is 79.7 Å². The maximum atomic E-state index is 14.7. The van der Waals surface area contributed by atoms with Crippen LogP contribution in [0.15, 0.2) is 60.7 Å². The summed E-state index contributed by atoms with van der Waals surface area (Å²) in [6, 6.07) is 19.7.